The van der Waals surface area contributed by atoms with Gasteiger partial charge in [0.15, 0.2) is 0 Å². The van der Waals surface area contributed by atoms with E-state index in [0.717, 1.165) is 37.9 Å². The molecule has 0 aliphatic carbocycles. The number of benzene rings is 1. The van der Waals surface area contributed by atoms with Crippen molar-refractivity contribution in [3.63, 3.8) is 0 Å². The lowest BCUT2D eigenvalue weighted by molar-refractivity contribution is 0.0950. The number of amides is 3. The molecule has 1 atom stereocenters. The third-order valence-electron chi connectivity index (χ3n) is 6.13. The van der Waals surface area contributed by atoms with E-state index in [1.807, 2.05) is 36.9 Å². The molecule has 3 amide bonds. The lowest BCUT2D eigenvalue weighted by Gasteiger charge is -2.33. The zero-order valence-electron chi connectivity index (χ0n) is 18.7. The van der Waals surface area contributed by atoms with Gasteiger partial charge in [-0.3, -0.25) is 4.79 Å². The van der Waals surface area contributed by atoms with Gasteiger partial charge < -0.3 is 20.4 Å². The second kappa shape index (κ2) is 11.3. The number of likely N-dealkylation sites (tertiary alicyclic amines) is 2. The number of carbonyl (C=O) groups excluding carboxylic acids is 2. The molecule has 1 aromatic carbocycles. The molecule has 2 fully saturated rings. The van der Waals surface area contributed by atoms with Gasteiger partial charge in [-0.2, -0.15) is 0 Å². The molecular formula is C24H38N4O2. The summed E-state index contributed by atoms with van der Waals surface area (Å²) in [7, 11) is 0. The Kier molecular flexibility index (Phi) is 8.55. The van der Waals surface area contributed by atoms with Crippen LogP contribution in [0, 0.1) is 0 Å². The molecule has 3 rings (SSSR count). The first-order chi connectivity index (χ1) is 14.5. The molecule has 1 unspecified atom stereocenters. The number of urea groups is 1. The molecule has 2 aliphatic rings. The fraction of sp³-hybridized carbons (Fsp3) is 0.667. The van der Waals surface area contributed by atoms with Gasteiger partial charge in [-0.15, -0.1) is 0 Å². The summed E-state index contributed by atoms with van der Waals surface area (Å²) in [6.45, 7) is 9.64. The van der Waals surface area contributed by atoms with Gasteiger partial charge >= 0.3 is 6.03 Å². The summed E-state index contributed by atoms with van der Waals surface area (Å²) in [6, 6.07) is 8.09. The van der Waals surface area contributed by atoms with Crippen molar-refractivity contribution in [2.24, 2.45) is 0 Å². The summed E-state index contributed by atoms with van der Waals surface area (Å²) in [5.74, 6) is 0.282. The largest absolute Gasteiger partial charge is 0.352 e. The van der Waals surface area contributed by atoms with E-state index in [2.05, 4.69) is 21.6 Å². The van der Waals surface area contributed by atoms with E-state index in [9.17, 15) is 9.59 Å². The maximum Gasteiger partial charge on any atom is 0.317 e. The van der Waals surface area contributed by atoms with Crippen LogP contribution in [-0.4, -0.2) is 67.0 Å². The van der Waals surface area contributed by atoms with Gasteiger partial charge in [0.1, 0.15) is 0 Å². The molecule has 2 N–H and O–H groups in total. The molecule has 0 bridgehead atoms. The van der Waals surface area contributed by atoms with Crippen LogP contribution in [0.3, 0.4) is 0 Å². The molecule has 0 spiro atoms. The monoisotopic (exact) mass is 414 g/mol. The van der Waals surface area contributed by atoms with Gasteiger partial charge in [0.25, 0.3) is 5.91 Å². The third kappa shape index (κ3) is 6.73. The van der Waals surface area contributed by atoms with Crippen LogP contribution in [0.5, 0.6) is 0 Å². The molecule has 1 aromatic rings. The number of nitrogens with zero attached hydrogens (tertiary/aromatic N) is 2. The third-order valence-corrected chi connectivity index (χ3v) is 6.13. The van der Waals surface area contributed by atoms with Gasteiger partial charge in [-0.05, 0) is 83.3 Å². The van der Waals surface area contributed by atoms with Crippen molar-refractivity contribution in [1.29, 1.82) is 0 Å². The molecular weight excluding hydrogens is 376 g/mol. The molecule has 0 radical (unpaired) electrons. The minimum Gasteiger partial charge on any atom is -0.352 e. The van der Waals surface area contributed by atoms with E-state index in [0.29, 0.717) is 18.7 Å². The first-order valence-corrected chi connectivity index (χ1v) is 11.7. The summed E-state index contributed by atoms with van der Waals surface area (Å²) in [5, 5.41) is 6.06. The van der Waals surface area contributed by atoms with Crippen LogP contribution in [0.25, 0.3) is 0 Å². The summed E-state index contributed by atoms with van der Waals surface area (Å²) in [5.41, 5.74) is 1.87. The summed E-state index contributed by atoms with van der Waals surface area (Å²) < 4.78 is 0. The van der Waals surface area contributed by atoms with E-state index in [4.69, 9.17) is 0 Å². The van der Waals surface area contributed by atoms with E-state index in [1.165, 1.54) is 32.4 Å². The number of rotatable bonds is 7. The zero-order valence-corrected chi connectivity index (χ0v) is 18.7. The number of nitrogens with one attached hydrogen (secondary N) is 2. The van der Waals surface area contributed by atoms with Gasteiger partial charge in [0.05, 0.1) is 0 Å². The topological polar surface area (TPSA) is 64.7 Å². The Hall–Kier alpha value is -2.08. The Balaban J connectivity index is 1.49. The van der Waals surface area contributed by atoms with Crippen molar-refractivity contribution in [3.8, 4) is 0 Å². The molecule has 30 heavy (non-hydrogen) atoms. The second-order valence-corrected chi connectivity index (χ2v) is 9.03. The average Bonchev–Trinajstić information content (AvgIpc) is 2.77. The lowest BCUT2D eigenvalue weighted by atomic mass is 9.89. The summed E-state index contributed by atoms with van der Waals surface area (Å²) in [6.07, 6.45) is 6.99. The average molecular weight is 415 g/mol. The van der Waals surface area contributed by atoms with E-state index in [1.54, 1.807) is 0 Å². The van der Waals surface area contributed by atoms with Crippen LogP contribution in [0.4, 0.5) is 4.79 Å². The minimum absolute atomic E-state index is 0.000658. The van der Waals surface area contributed by atoms with Crippen LogP contribution in [-0.2, 0) is 0 Å². The Morgan fingerprint density at radius 1 is 1.10 bits per heavy atom. The molecule has 0 aromatic heterocycles. The molecule has 166 valence electrons. The highest BCUT2D eigenvalue weighted by atomic mass is 16.2. The zero-order chi connectivity index (χ0) is 21.3. The Bertz CT molecular complexity index is 700. The van der Waals surface area contributed by atoms with Gasteiger partial charge in [0, 0.05) is 37.2 Å². The number of carbonyl (C=O) groups is 2. The van der Waals surface area contributed by atoms with Crippen LogP contribution in [0.1, 0.15) is 74.2 Å². The quantitative estimate of drug-likeness (QED) is 0.670. The van der Waals surface area contributed by atoms with Crippen molar-refractivity contribution in [2.45, 2.75) is 64.3 Å². The molecule has 6 heteroatoms. The van der Waals surface area contributed by atoms with Crippen molar-refractivity contribution in [2.75, 3.05) is 39.3 Å². The lowest BCUT2D eigenvalue weighted by Crippen LogP contribution is -2.47. The standard InChI is InChI=1S/C24H38N4O2/c1-19(2)26-24(30)28-16-7-11-22(18-28)20-9-6-10-21(17-20)23(29)25-12-8-15-27-13-4-3-5-14-27/h6,9-10,17,19,22H,3-5,7-8,11-16,18H2,1-2H3,(H,25,29)(H,26,30). The van der Waals surface area contributed by atoms with Crippen molar-refractivity contribution < 1.29 is 9.59 Å². The highest BCUT2D eigenvalue weighted by Crippen LogP contribution is 2.27. The normalized spacial score (nSPS) is 20.2. The predicted octanol–water partition coefficient (Wildman–Crippen LogP) is 3.59. The molecule has 2 saturated heterocycles. The summed E-state index contributed by atoms with van der Waals surface area (Å²) in [4.78, 5) is 29.4. The van der Waals surface area contributed by atoms with Crippen molar-refractivity contribution in [3.05, 3.63) is 35.4 Å². The van der Waals surface area contributed by atoms with Gasteiger partial charge in [0.2, 0.25) is 0 Å². The Labute approximate surface area is 181 Å². The molecule has 2 heterocycles. The predicted molar refractivity (Wildman–Crippen MR) is 121 cm³/mol. The minimum atomic E-state index is 0.000658. The van der Waals surface area contributed by atoms with E-state index >= 15 is 0 Å². The van der Waals surface area contributed by atoms with Gasteiger partial charge in [-0.1, -0.05) is 18.6 Å². The Morgan fingerprint density at radius 3 is 2.67 bits per heavy atom. The Morgan fingerprint density at radius 2 is 1.90 bits per heavy atom. The SMILES string of the molecule is CC(C)NC(=O)N1CCCC(c2cccc(C(=O)NCCCN3CCCCC3)c2)C1. The number of hydrogen-bond acceptors (Lipinski definition) is 3. The molecule has 0 saturated carbocycles. The van der Waals surface area contributed by atoms with E-state index < -0.39 is 0 Å². The fourth-order valence-corrected chi connectivity index (χ4v) is 4.50. The molecule has 2 aliphatic heterocycles. The number of piperidine rings is 2. The first-order valence-electron chi connectivity index (χ1n) is 11.7. The maximum atomic E-state index is 12.6. The smallest absolute Gasteiger partial charge is 0.317 e. The van der Waals surface area contributed by atoms with Crippen LogP contribution in [0.2, 0.25) is 0 Å². The van der Waals surface area contributed by atoms with Gasteiger partial charge in [-0.25, -0.2) is 4.79 Å². The summed E-state index contributed by atoms with van der Waals surface area (Å²) >= 11 is 0. The molecule has 6 nitrogen and oxygen atoms in total. The van der Waals surface area contributed by atoms with Crippen molar-refractivity contribution in [1.82, 2.24) is 20.4 Å². The van der Waals surface area contributed by atoms with E-state index in [-0.39, 0.29) is 23.9 Å². The van der Waals surface area contributed by atoms with Crippen molar-refractivity contribution >= 4 is 11.9 Å². The van der Waals surface area contributed by atoms with Crippen LogP contribution in [0.15, 0.2) is 24.3 Å². The highest BCUT2D eigenvalue weighted by molar-refractivity contribution is 5.94. The van der Waals surface area contributed by atoms with Crippen LogP contribution >= 0.6 is 0 Å². The fourth-order valence-electron chi connectivity index (χ4n) is 4.50. The maximum absolute atomic E-state index is 12.6. The second-order valence-electron chi connectivity index (χ2n) is 9.03. The first kappa shape index (κ1) is 22.6. The highest BCUT2D eigenvalue weighted by Gasteiger charge is 2.25. The number of hydrogen-bond donors (Lipinski definition) is 2. The van der Waals surface area contributed by atoms with Crippen LogP contribution < -0.4 is 10.6 Å².